The van der Waals surface area contributed by atoms with E-state index in [0.717, 1.165) is 25.5 Å². The van der Waals surface area contributed by atoms with Gasteiger partial charge in [-0.15, -0.1) is 0 Å². The third-order valence-corrected chi connectivity index (χ3v) is 3.73. The first-order valence-electron chi connectivity index (χ1n) is 7.03. The van der Waals surface area contributed by atoms with E-state index in [4.69, 9.17) is 5.73 Å². The minimum atomic E-state index is -4.51. The molecule has 0 aliphatic heterocycles. The normalized spacial score (nSPS) is 22.0. The van der Waals surface area contributed by atoms with E-state index in [1.54, 1.807) is 12.1 Å². The van der Waals surface area contributed by atoms with Crippen molar-refractivity contribution in [2.45, 2.75) is 37.5 Å². The fraction of sp³-hybridized carbons (Fsp3) is 0.429. The van der Waals surface area contributed by atoms with Crippen LogP contribution < -0.4 is 11.1 Å². The number of anilines is 1. The Bertz CT molecular complexity index is 638. The lowest BCUT2D eigenvalue weighted by Crippen LogP contribution is -2.22. The first-order chi connectivity index (χ1) is 10.4. The Labute approximate surface area is 125 Å². The van der Waals surface area contributed by atoms with Crippen molar-refractivity contribution >= 4 is 5.95 Å². The molecule has 5 nitrogen and oxygen atoms in total. The van der Waals surface area contributed by atoms with Gasteiger partial charge in [-0.2, -0.15) is 18.2 Å². The molecule has 0 aromatic carbocycles. The second kappa shape index (κ2) is 5.60. The summed E-state index contributed by atoms with van der Waals surface area (Å²) < 4.78 is 40.6. The Morgan fingerprint density at radius 3 is 2.55 bits per heavy atom. The van der Waals surface area contributed by atoms with Crippen molar-refractivity contribution in [2.75, 3.05) is 5.32 Å². The van der Waals surface area contributed by atoms with Crippen LogP contribution in [0.25, 0.3) is 5.82 Å². The Kier molecular flexibility index (Phi) is 3.78. The maximum atomic E-state index is 13.1. The number of rotatable bonds is 3. The van der Waals surface area contributed by atoms with Gasteiger partial charge in [-0.05, 0) is 31.4 Å². The zero-order valence-electron chi connectivity index (χ0n) is 11.7. The van der Waals surface area contributed by atoms with Crippen molar-refractivity contribution < 1.29 is 13.2 Å². The molecular weight excluding hydrogens is 295 g/mol. The molecule has 2 aromatic rings. The van der Waals surface area contributed by atoms with E-state index in [0.29, 0.717) is 0 Å². The smallest absolute Gasteiger partial charge is 0.351 e. The van der Waals surface area contributed by atoms with Gasteiger partial charge in [0.2, 0.25) is 5.95 Å². The highest BCUT2D eigenvalue weighted by Crippen LogP contribution is 2.33. The van der Waals surface area contributed by atoms with Gasteiger partial charge in [0, 0.05) is 30.7 Å². The number of nitrogens with one attached hydrogen (secondary N) is 1. The summed E-state index contributed by atoms with van der Waals surface area (Å²) in [6, 6.07) is 3.51. The van der Waals surface area contributed by atoms with Crippen LogP contribution in [0.15, 0.2) is 30.7 Å². The van der Waals surface area contributed by atoms with Crippen LogP contribution in [0.1, 0.15) is 24.8 Å². The topological polar surface area (TPSA) is 68.8 Å². The van der Waals surface area contributed by atoms with Crippen LogP contribution in [0.2, 0.25) is 0 Å². The van der Waals surface area contributed by atoms with E-state index in [2.05, 4.69) is 15.3 Å². The summed E-state index contributed by atoms with van der Waals surface area (Å²) in [5.41, 5.74) is 4.97. The van der Waals surface area contributed by atoms with Crippen LogP contribution >= 0.6 is 0 Å². The number of hydrogen-bond acceptors (Lipinski definition) is 4. The zero-order valence-corrected chi connectivity index (χ0v) is 11.7. The molecule has 1 saturated carbocycles. The molecule has 0 bridgehead atoms. The summed E-state index contributed by atoms with van der Waals surface area (Å²) in [6.45, 7) is 0. The Morgan fingerprint density at radius 2 is 1.95 bits per heavy atom. The van der Waals surface area contributed by atoms with Crippen molar-refractivity contribution in [1.82, 2.24) is 14.5 Å². The standard InChI is InChI=1S/C14H16F3N5/c15-14(16,17)11-8-19-13(20-10-4-3-9(18)7-10)21-12(11)22-5-1-2-6-22/h1-2,5-6,8-10H,3-4,7,18H2,(H,19,20,21)/t9-,10-/m0/s1. The van der Waals surface area contributed by atoms with Crippen molar-refractivity contribution in [3.63, 3.8) is 0 Å². The third kappa shape index (κ3) is 3.06. The molecule has 3 rings (SSSR count). The minimum absolute atomic E-state index is 0.101. The number of nitrogens with two attached hydrogens (primary N) is 1. The molecule has 1 aliphatic rings. The van der Waals surface area contributed by atoms with Crippen LogP contribution in [0.3, 0.4) is 0 Å². The van der Waals surface area contributed by atoms with E-state index >= 15 is 0 Å². The largest absolute Gasteiger partial charge is 0.421 e. The average molecular weight is 311 g/mol. The monoisotopic (exact) mass is 311 g/mol. The summed E-state index contributed by atoms with van der Waals surface area (Å²) in [5.74, 6) is 0.00750. The lowest BCUT2D eigenvalue weighted by Gasteiger charge is -2.16. The fourth-order valence-corrected chi connectivity index (χ4v) is 2.64. The van der Waals surface area contributed by atoms with Gasteiger partial charge in [-0.25, -0.2) is 4.98 Å². The zero-order chi connectivity index (χ0) is 15.7. The van der Waals surface area contributed by atoms with E-state index in [1.807, 2.05) is 0 Å². The molecule has 8 heteroatoms. The number of aromatic nitrogens is 3. The Morgan fingerprint density at radius 1 is 1.23 bits per heavy atom. The van der Waals surface area contributed by atoms with Gasteiger partial charge < -0.3 is 15.6 Å². The Hall–Kier alpha value is -2.09. The molecule has 0 saturated heterocycles. The van der Waals surface area contributed by atoms with Crippen molar-refractivity contribution in [3.05, 3.63) is 36.3 Å². The van der Waals surface area contributed by atoms with Gasteiger partial charge in [0.25, 0.3) is 0 Å². The van der Waals surface area contributed by atoms with Crippen molar-refractivity contribution in [2.24, 2.45) is 5.73 Å². The first-order valence-corrected chi connectivity index (χ1v) is 7.03. The maximum absolute atomic E-state index is 13.1. The van der Waals surface area contributed by atoms with Crippen molar-refractivity contribution in [3.8, 4) is 5.82 Å². The van der Waals surface area contributed by atoms with E-state index in [1.165, 1.54) is 17.0 Å². The average Bonchev–Trinajstić information content (AvgIpc) is 3.09. The molecule has 2 aromatic heterocycles. The molecule has 22 heavy (non-hydrogen) atoms. The molecule has 2 heterocycles. The van der Waals surface area contributed by atoms with Gasteiger partial charge in [0.15, 0.2) is 5.82 Å². The summed E-state index contributed by atoms with van der Waals surface area (Å²) in [4.78, 5) is 7.86. The second-order valence-corrected chi connectivity index (χ2v) is 5.43. The maximum Gasteiger partial charge on any atom is 0.421 e. The molecule has 0 spiro atoms. The first kappa shape index (κ1) is 14.8. The van der Waals surface area contributed by atoms with E-state index in [-0.39, 0.29) is 23.8 Å². The SMILES string of the molecule is N[C@H]1CC[C@H](Nc2ncc(C(F)(F)F)c(-n3cccc3)n2)C1. The molecule has 0 amide bonds. The molecule has 0 unspecified atom stereocenters. The minimum Gasteiger partial charge on any atom is -0.351 e. The second-order valence-electron chi connectivity index (χ2n) is 5.43. The highest BCUT2D eigenvalue weighted by molar-refractivity contribution is 5.41. The number of halogens is 3. The molecular formula is C14H16F3N5. The molecule has 118 valence electrons. The van der Waals surface area contributed by atoms with Crippen LogP contribution in [0.5, 0.6) is 0 Å². The molecule has 1 aliphatic carbocycles. The lowest BCUT2D eigenvalue weighted by atomic mass is 10.2. The Balaban J connectivity index is 1.92. The summed E-state index contributed by atoms with van der Waals surface area (Å²) >= 11 is 0. The molecule has 0 radical (unpaired) electrons. The van der Waals surface area contributed by atoms with Gasteiger partial charge in [-0.3, -0.25) is 0 Å². The third-order valence-electron chi connectivity index (χ3n) is 3.73. The van der Waals surface area contributed by atoms with Gasteiger partial charge >= 0.3 is 6.18 Å². The summed E-state index contributed by atoms with van der Waals surface area (Å²) in [7, 11) is 0. The molecule has 2 atom stereocenters. The number of alkyl halides is 3. The molecule has 3 N–H and O–H groups in total. The summed E-state index contributed by atoms with van der Waals surface area (Å²) in [5, 5.41) is 3.07. The van der Waals surface area contributed by atoms with Crippen LogP contribution in [-0.4, -0.2) is 26.6 Å². The number of hydrogen-bond donors (Lipinski definition) is 2. The van der Waals surface area contributed by atoms with Gasteiger partial charge in [-0.1, -0.05) is 0 Å². The van der Waals surface area contributed by atoms with Gasteiger partial charge in [0.1, 0.15) is 5.56 Å². The predicted molar refractivity (Wildman–Crippen MR) is 75.6 cm³/mol. The quantitative estimate of drug-likeness (QED) is 0.914. The van der Waals surface area contributed by atoms with Crippen molar-refractivity contribution in [1.29, 1.82) is 0 Å². The van der Waals surface area contributed by atoms with E-state index < -0.39 is 11.7 Å². The highest BCUT2D eigenvalue weighted by Gasteiger charge is 2.36. The van der Waals surface area contributed by atoms with E-state index in [9.17, 15) is 13.2 Å². The van der Waals surface area contributed by atoms with Gasteiger partial charge in [0.05, 0.1) is 0 Å². The number of nitrogens with zero attached hydrogens (tertiary/aromatic N) is 3. The van der Waals surface area contributed by atoms with Crippen LogP contribution in [0, 0.1) is 0 Å². The fourth-order valence-electron chi connectivity index (χ4n) is 2.64. The predicted octanol–water partition coefficient (Wildman–Crippen LogP) is 2.58. The highest BCUT2D eigenvalue weighted by atomic mass is 19.4. The lowest BCUT2D eigenvalue weighted by molar-refractivity contribution is -0.137. The molecule has 1 fully saturated rings. The summed E-state index contributed by atoms with van der Waals surface area (Å²) in [6.07, 6.45) is 1.88. The van der Waals surface area contributed by atoms with Crippen LogP contribution in [-0.2, 0) is 6.18 Å². The van der Waals surface area contributed by atoms with Crippen LogP contribution in [0.4, 0.5) is 19.1 Å².